The van der Waals surface area contributed by atoms with Gasteiger partial charge in [0, 0.05) is 6.42 Å². The summed E-state index contributed by atoms with van der Waals surface area (Å²) in [4.78, 5) is 23.2. The average Bonchev–Trinajstić information content (AvgIpc) is 3.23. The zero-order chi connectivity index (χ0) is 45.7. The first-order valence-corrected chi connectivity index (χ1v) is 27.9. The van der Waals surface area contributed by atoms with Gasteiger partial charge in [-0.15, -0.1) is 0 Å². The normalized spacial score (nSPS) is 14.4. The fourth-order valence-electron chi connectivity index (χ4n) is 7.64. The molecule has 0 rings (SSSR count). The van der Waals surface area contributed by atoms with Gasteiger partial charge in [-0.25, -0.2) is 4.57 Å². The Balaban J connectivity index is 4.23. The number of rotatable bonds is 48. The molecule has 0 saturated carbocycles. The molecule has 0 fully saturated rings. The molecule has 366 valence electrons. The first-order chi connectivity index (χ1) is 30.0. The molecule has 0 heterocycles. The van der Waals surface area contributed by atoms with Crippen molar-refractivity contribution in [3.05, 3.63) is 36.5 Å². The smallest absolute Gasteiger partial charge is 0.387 e. The van der Waals surface area contributed by atoms with Gasteiger partial charge in [0.05, 0.1) is 39.9 Å². The Hall–Kier alpha value is -1.28. The highest BCUT2D eigenvalue weighted by Crippen LogP contribution is 2.43. The summed E-state index contributed by atoms with van der Waals surface area (Å²) in [7, 11) is 1.56. The van der Waals surface area contributed by atoms with Crippen molar-refractivity contribution in [2.75, 3.05) is 40.9 Å². The molecule has 1 amide bonds. The maximum atomic E-state index is 12.9. The second-order valence-electron chi connectivity index (χ2n) is 19.2. The quantitative estimate of drug-likeness (QED) is 0.0243. The van der Waals surface area contributed by atoms with E-state index in [-0.39, 0.29) is 19.1 Å². The van der Waals surface area contributed by atoms with Crippen LogP contribution in [-0.2, 0) is 18.4 Å². The maximum Gasteiger partial charge on any atom is 0.472 e. The molecule has 0 aromatic heterocycles. The molecule has 0 aromatic carbocycles. The number of allylic oxidation sites excluding steroid dienone is 5. The summed E-state index contributed by atoms with van der Waals surface area (Å²) >= 11 is 0. The van der Waals surface area contributed by atoms with E-state index in [9.17, 15) is 19.4 Å². The van der Waals surface area contributed by atoms with Crippen LogP contribution in [0.15, 0.2) is 36.5 Å². The Morgan fingerprint density at radius 3 is 1.29 bits per heavy atom. The maximum absolute atomic E-state index is 12.9. The molecule has 3 unspecified atom stereocenters. The van der Waals surface area contributed by atoms with Gasteiger partial charge < -0.3 is 19.8 Å². The number of amides is 1. The zero-order valence-electron chi connectivity index (χ0n) is 41.6. The summed E-state index contributed by atoms with van der Waals surface area (Å²) in [5, 5.41) is 13.9. The minimum absolute atomic E-state index is 0.0569. The van der Waals surface area contributed by atoms with Crippen molar-refractivity contribution in [2.24, 2.45) is 0 Å². The van der Waals surface area contributed by atoms with Crippen molar-refractivity contribution in [1.29, 1.82) is 0 Å². The van der Waals surface area contributed by atoms with Crippen molar-refractivity contribution in [3.63, 3.8) is 0 Å². The van der Waals surface area contributed by atoms with Crippen LogP contribution >= 0.6 is 7.82 Å². The molecule has 0 aliphatic rings. The second kappa shape index (κ2) is 44.9. The number of phosphoric acid groups is 1. The second-order valence-corrected chi connectivity index (χ2v) is 20.7. The molecule has 9 heteroatoms. The fraction of sp³-hybridized carbons (Fsp3) is 0.868. The van der Waals surface area contributed by atoms with E-state index in [1.807, 2.05) is 27.2 Å². The number of aliphatic hydroxyl groups excluding tert-OH is 1. The third-order valence-corrected chi connectivity index (χ3v) is 12.8. The molecule has 0 radical (unpaired) electrons. The number of nitrogens with one attached hydrogen (secondary N) is 1. The molecule has 0 saturated heterocycles. The number of quaternary nitrogens is 1. The lowest BCUT2D eigenvalue weighted by Crippen LogP contribution is -2.45. The van der Waals surface area contributed by atoms with Crippen molar-refractivity contribution in [2.45, 2.75) is 257 Å². The summed E-state index contributed by atoms with van der Waals surface area (Å²) in [5.41, 5.74) is 0. The number of hydrogen-bond acceptors (Lipinski definition) is 5. The predicted octanol–water partition coefficient (Wildman–Crippen LogP) is 15.4. The van der Waals surface area contributed by atoms with Crippen LogP contribution in [0.25, 0.3) is 0 Å². The van der Waals surface area contributed by atoms with E-state index in [2.05, 4.69) is 43.5 Å². The molecule has 3 N–H and O–H groups in total. The van der Waals surface area contributed by atoms with E-state index in [0.29, 0.717) is 17.4 Å². The van der Waals surface area contributed by atoms with E-state index in [4.69, 9.17) is 9.05 Å². The van der Waals surface area contributed by atoms with Crippen molar-refractivity contribution in [3.8, 4) is 0 Å². The predicted molar refractivity (Wildman–Crippen MR) is 268 cm³/mol. The van der Waals surface area contributed by atoms with Crippen LogP contribution in [0.5, 0.6) is 0 Å². The van der Waals surface area contributed by atoms with E-state index in [1.165, 1.54) is 186 Å². The lowest BCUT2D eigenvalue weighted by molar-refractivity contribution is -0.870. The Morgan fingerprint density at radius 2 is 0.887 bits per heavy atom. The van der Waals surface area contributed by atoms with Gasteiger partial charge in [-0.1, -0.05) is 217 Å². The van der Waals surface area contributed by atoms with E-state index < -0.39 is 20.0 Å². The lowest BCUT2D eigenvalue weighted by atomic mass is 10.0. The molecule has 62 heavy (non-hydrogen) atoms. The Kier molecular flexibility index (Phi) is 44.0. The molecule has 0 bridgehead atoms. The van der Waals surface area contributed by atoms with Gasteiger partial charge in [0.1, 0.15) is 13.2 Å². The number of phosphoric ester groups is 1. The van der Waals surface area contributed by atoms with Gasteiger partial charge in [0.2, 0.25) is 5.91 Å². The number of carbonyl (C=O) groups excluding carboxylic acids is 1. The molecule has 3 atom stereocenters. The van der Waals surface area contributed by atoms with Crippen LogP contribution in [0, 0.1) is 0 Å². The molecular weight excluding hydrogens is 792 g/mol. The Bertz CT molecular complexity index is 1110. The highest BCUT2D eigenvalue weighted by atomic mass is 31.2. The fourth-order valence-corrected chi connectivity index (χ4v) is 8.38. The molecular formula is C53H104N2O6P+. The molecule has 0 aliphatic carbocycles. The summed E-state index contributed by atoms with van der Waals surface area (Å²) in [6.07, 6.45) is 56.6. The number of hydrogen-bond donors (Lipinski definition) is 3. The molecule has 0 aromatic rings. The molecule has 0 spiro atoms. The van der Waals surface area contributed by atoms with E-state index in [1.54, 1.807) is 6.08 Å². The third kappa shape index (κ3) is 46.7. The number of nitrogens with zero attached hydrogens (tertiary/aromatic N) is 1. The van der Waals surface area contributed by atoms with Crippen LogP contribution in [0.1, 0.15) is 245 Å². The molecule has 0 aliphatic heterocycles. The summed E-state index contributed by atoms with van der Waals surface area (Å²) in [5.74, 6) is -0.185. The lowest BCUT2D eigenvalue weighted by Gasteiger charge is -2.25. The van der Waals surface area contributed by atoms with Crippen LogP contribution in [0.4, 0.5) is 0 Å². The zero-order valence-corrected chi connectivity index (χ0v) is 42.5. The van der Waals surface area contributed by atoms with Crippen LogP contribution < -0.4 is 5.32 Å². The van der Waals surface area contributed by atoms with Crippen LogP contribution in [0.3, 0.4) is 0 Å². The van der Waals surface area contributed by atoms with Gasteiger partial charge in [0.15, 0.2) is 0 Å². The highest BCUT2D eigenvalue weighted by Gasteiger charge is 2.27. The highest BCUT2D eigenvalue weighted by molar-refractivity contribution is 7.47. The summed E-state index contributed by atoms with van der Waals surface area (Å²) < 4.78 is 23.6. The van der Waals surface area contributed by atoms with Crippen LogP contribution in [0.2, 0.25) is 0 Å². The van der Waals surface area contributed by atoms with Gasteiger partial charge in [-0.3, -0.25) is 13.8 Å². The largest absolute Gasteiger partial charge is 0.472 e. The summed E-state index contributed by atoms with van der Waals surface area (Å²) in [6.45, 7) is 4.81. The molecule has 8 nitrogen and oxygen atoms in total. The Labute approximate surface area is 385 Å². The van der Waals surface area contributed by atoms with E-state index >= 15 is 0 Å². The third-order valence-electron chi connectivity index (χ3n) is 11.8. The number of aliphatic hydroxyl groups is 1. The topological polar surface area (TPSA) is 105 Å². The average molecular weight is 896 g/mol. The van der Waals surface area contributed by atoms with Gasteiger partial charge >= 0.3 is 7.82 Å². The first kappa shape index (κ1) is 60.7. The monoisotopic (exact) mass is 896 g/mol. The van der Waals surface area contributed by atoms with Gasteiger partial charge in [-0.2, -0.15) is 0 Å². The SMILES string of the molecule is CCCCCCCCCC/C=C\CCCCCCCCCCCCCCCC(=O)NC(COP(=O)(O)OCC[N+](C)(C)C)C(O)/C=C/CC/C=C/CCCCCCCCCCC. The van der Waals surface area contributed by atoms with Gasteiger partial charge in [0.25, 0.3) is 0 Å². The number of likely N-dealkylation sites (N-methyl/N-ethyl adjacent to an activating group) is 1. The first-order valence-electron chi connectivity index (χ1n) is 26.4. The summed E-state index contributed by atoms with van der Waals surface area (Å²) in [6, 6.07) is -0.861. The van der Waals surface area contributed by atoms with Crippen molar-refractivity contribution in [1.82, 2.24) is 5.32 Å². The number of carbonyl (C=O) groups is 1. The van der Waals surface area contributed by atoms with E-state index in [0.717, 1.165) is 38.5 Å². The minimum Gasteiger partial charge on any atom is -0.387 e. The van der Waals surface area contributed by atoms with Crippen molar-refractivity contribution >= 4 is 13.7 Å². The Morgan fingerprint density at radius 1 is 0.532 bits per heavy atom. The van der Waals surface area contributed by atoms with Crippen LogP contribution in [-0.4, -0.2) is 73.4 Å². The number of unbranched alkanes of at least 4 members (excludes halogenated alkanes) is 31. The van der Waals surface area contributed by atoms with Crippen molar-refractivity contribution < 1.29 is 32.9 Å². The van der Waals surface area contributed by atoms with Gasteiger partial charge in [-0.05, 0) is 57.8 Å². The minimum atomic E-state index is -4.35. The standard InChI is InChI=1S/C53H103N2O6P/c1-6-8-10-12-14-16-18-20-22-23-24-25-26-27-28-29-30-31-33-35-37-39-41-43-45-47-53(57)54-51(50-61-62(58,59)60-49-48-55(3,4)5)52(56)46-44-42-40-38-36-34-32-21-19-17-15-13-11-9-7-2/h23-24,36,38,44,46,51-52,56H,6-22,25-35,37,39-43,45,47-50H2,1-5H3,(H-,54,57,58,59)/p+1/b24-23-,38-36+,46-44+.